The number of nitriles is 2. The fraction of sp³-hybridized carbons (Fsp3) is 0.375. The number of aryl methyl sites for hydroxylation is 1. The number of benzene rings is 1. The number of unbranched alkanes of at least 4 members (excludes halogenated alkanes) is 3. The average Bonchev–Trinajstić information content (AvgIpc) is 2.46. The SMILES string of the molecule is CCCCCCc1ccc(NC=C(C#N)C#N)cc1. The van der Waals surface area contributed by atoms with Gasteiger partial charge < -0.3 is 5.32 Å². The van der Waals surface area contributed by atoms with Crippen molar-refractivity contribution in [2.45, 2.75) is 39.0 Å². The van der Waals surface area contributed by atoms with Gasteiger partial charge in [-0.3, -0.25) is 0 Å². The maximum Gasteiger partial charge on any atom is 0.145 e. The molecule has 0 aliphatic carbocycles. The minimum atomic E-state index is 0.0728. The smallest absolute Gasteiger partial charge is 0.145 e. The van der Waals surface area contributed by atoms with E-state index in [2.05, 4.69) is 24.4 Å². The van der Waals surface area contributed by atoms with Gasteiger partial charge in [0.2, 0.25) is 0 Å². The summed E-state index contributed by atoms with van der Waals surface area (Å²) in [5, 5.41) is 20.2. The second-order valence-corrected chi connectivity index (χ2v) is 4.43. The molecule has 3 nitrogen and oxygen atoms in total. The van der Waals surface area contributed by atoms with Crippen LogP contribution in [0.3, 0.4) is 0 Å². The highest BCUT2D eigenvalue weighted by molar-refractivity contribution is 5.50. The summed E-state index contributed by atoms with van der Waals surface area (Å²) in [6.45, 7) is 2.21. The van der Waals surface area contributed by atoms with Gasteiger partial charge in [0.1, 0.15) is 17.7 Å². The summed E-state index contributed by atoms with van der Waals surface area (Å²) < 4.78 is 0. The molecule has 1 aromatic rings. The van der Waals surface area contributed by atoms with Crippen molar-refractivity contribution in [1.29, 1.82) is 10.5 Å². The minimum Gasteiger partial charge on any atom is -0.360 e. The fourth-order valence-electron chi connectivity index (χ4n) is 1.77. The van der Waals surface area contributed by atoms with Gasteiger partial charge in [-0.05, 0) is 30.5 Å². The zero-order valence-electron chi connectivity index (χ0n) is 11.3. The first-order chi connectivity index (χ1) is 9.30. The third kappa shape index (κ3) is 5.75. The van der Waals surface area contributed by atoms with Crippen LogP contribution in [-0.4, -0.2) is 0 Å². The van der Waals surface area contributed by atoms with Gasteiger partial charge in [-0.15, -0.1) is 0 Å². The van der Waals surface area contributed by atoms with E-state index in [4.69, 9.17) is 10.5 Å². The molecule has 0 unspecified atom stereocenters. The van der Waals surface area contributed by atoms with Gasteiger partial charge in [0.25, 0.3) is 0 Å². The van der Waals surface area contributed by atoms with E-state index in [1.165, 1.54) is 37.4 Å². The van der Waals surface area contributed by atoms with Crippen LogP contribution in [0.25, 0.3) is 0 Å². The molecule has 0 atom stereocenters. The molecule has 98 valence electrons. The molecule has 1 rings (SSSR count). The first-order valence-electron chi connectivity index (χ1n) is 6.66. The summed E-state index contributed by atoms with van der Waals surface area (Å²) in [5.41, 5.74) is 2.29. The maximum absolute atomic E-state index is 8.61. The third-order valence-electron chi connectivity index (χ3n) is 2.90. The van der Waals surface area contributed by atoms with Crippen LogP contribution in [0.15, 0.2) is 36.0 Å². The minimum absolute atomic E-state index is 0.0728. The highest BCUT2D eigenvalue weighted by Crippen LogP contribution is 2.13. The fourth-order valence-corrected chi connectivity index (χ4v) is 1.77. The summed E-state index contributed by atoms with van der Waals surface area (Å²) in [6.07, 6.45) is 7.61. The Balaban J connectivity index is 2.46. The Morgan fingerprint density at radius 1 is 1.11 bits per heavy atom. The molecule has 0 aromatic heterocycles. The number of allylic oxidation sites excluding steroid dienone is 1. The van der Waals surface area contributed by atoms with E-state index in [0.717, 1.165) is 12.1 Å². The van der Waals surface area contributed by atoms with Crippen molar-refractivity contribution >= 4 is 5.69 Å². The molecule has 3 heteroatoms. The van der Waals surface area contributed by atoms with Crippen molar-refractivity contribution in [3.63, 3.8) is 0 Å². The Hall–Kier alpha value is -2.26. The average molecular weight is 253 g/mol. The van der Waals surface area contributed by atoms with Gasteiger partial charge in [0, 0.05) is 11.9 Å². The standard InChI is InChI=1S/C16H19N3/c1-2-3-4-5-6-14-7-9-16(10-8-14)19-13-15(11-17)12-18/h7-10,13,19H,2-6H2,1H3. The molecule has 19 heavy (non-hydrogen) atoms. The van der Waals surface area contributed by atoms with Crippen LogP contribution in [-0.2, 0) is 6.42 Å². The van der Waals surface area contributed by atoms with Crippen molar-refractivity contribution in [3.8, 4) is 12.1 Å². The first kappa shape index (κ1) is 14.8. The quantitative estimate of drug-likeness (QED) is 0.586. The van der Waals surface area contributed by atoms with Crippen LogP contribution < -0.4 is 5.32 Å². The van der Waals surface area contributed by atoms with Crippen LogP contribution >= 0.6 is 0 Å². The molecule has 0 heterocycles. The largest absolute Gasteiger partial charge is 0.360 e. The molecule has 0 bridgehead atoms. The highest BCUT2D eigenvalue weighted by Gasteiger charge is 1.95. The highest BCUT2D eigenvalue weighted by atomic mass is 14.8. The van der Waals surface area contributed by atoms with Gasteiger partial charge in [-0.1, -0.05) is 38.3 Å². The van der Waals surface area contributed by atoms with Gasteiger partial charge in [0.15, 0.2) is 0 Å². The predicted molar refractivity (Wildman–Crippen MR) is 77.2 cm³/mol. The number of nitrogens with zero attached hydrogens (tertiary/aromatic N) is 2. The van der Waals surface area contributed by atoms with Crippen LogP contribution in [0.2, 0.25) is 0 Å². The van der Waals surface area contributed by atoms with Crippen LogP contribution in [0.4, 0.5) is 5.69 Å². The lowest BCUT2D eigenvalue weighted by Gasteiger charge is -2.04. The molecular weight excluding hydrogens is 234 g/mol. The van der Waals surface area contributed by atoms with E-state index in [9.17, 15) is 0 Å². The Morgan fingerprint density at radius 3 is 2.37 bits per heavy atom. The second kappa shape index (κ2) is 8.78. The van der Waals surface area contributed by atoms with Crippen molar-refractivity contribution < 1.29 is 0 Å². The zero-order chi connectivity index (χ0) is 13.9. The number of hydrogen-bond donors (Lipinski definition) is 1. The van der Waals surface area contributed by atoms with E-state index in [1.807, 2.05) is 24.3 Å². The molecule has 0 radical (unpaired) electrons. The summed E-state index contributed by atoms with van der Waals surface area (Å²) in [7, 11) is 0. The summed E-state index contributed by atoms with van der Waals surface area (Å²) >= 11 is 0. The van der Waals surface area contributed by atoms with E-state index in [1.54, 1.807) is 0 Å². The lowest BCUT2D eigenvalue weighted by Crippen LogP contribution is -1.91. The van der Waals surface area contributed by atoms with Crippen LogP contribution in [0.1, 0.15) is 38.2 Å². The van der Waals surface area contributed by atoms with Crippen LogP contribution in [0.5, 0.6) is 0 Å². The molecule has 0 saturated heterocycles. The number of nitrogens with one attached hydrogen (secondary N) is 1. The van der Waals surface area contributed by atoms with E-state index < -0.39 is 0 Å². The summed E-state index contributed by atoms with van der Waals surface area (Å²) in [5.74, 6) is 0. The molecule has 0 spiro atoms. The van der Waals surface area contributed by atoms with E-state index in [-0.39, 0.29) is 5.57 Å². The van der Waals surface area contributed by atoms with Crippen molar-refractivity contribution in [1.82, 2.24) is 0 Å². The summed E-state index contributed by atoms with van der Waals surface area (Å²) in [6, 6.07) is 11.7. The lowest BCUT2D eigenvalue weighted by atomic mass is 10.1. The molecule has 1 N–H and O–H groups in total. The topological polar surface area (TPSA) is 59.6 Å². The number of anilines is 1. The molecule has 0 fully saturated rings. The monoisotopic (exact) mass is 253 g/mol. The predicted octanol–water partition coefficient (Wildman–Crippen LogP) is 4.15. The first-order valence-corrected chi connectivity index (χ1v) is 6.66. The van der Waals surface area contributed by atoms with Crippen molar-refractivity contribution in [3.05, 3.63) is 41.6 Å². The van der Waals surface area contributed by atoms with Gasteiger partial charge in [-0.25, -0.2) is 0 Å². The Morgan fingerprint density at radius 2 is 1.79 bits per heavy atom. The molecule has 0 aliphatic rings. The third-order valence-corrected chi connectivity index (χ3v) is 2.90. The molecule has 1 aromatic carbocycles. The molecule has 0 aliphatic heterocycles. The second-order valence-electron chi connectivity index (χ2n) is 4.43. The van der Waals surface area contributed by atoms with Crippen LogP contribution in [0, 0.1) is 22.7 Å². The maximum atomic E-state index is 8.61. The Bertz CT molecular complexity index is 470. The summed E-state index contributed by atoms with van der Waals surface area (Å²) in [4.78, 5) is 0. The Labute approximate surface area is 115 Å². The van der Waals surface area contributed by atoms with Gasteiger partial charge in [0.05, 0.1) is 0 Å². The number of hydrogen-bond acceptors (Lipinski definition) is 3. The van der Waals surface area contributed by atoms with E-state index >= 15 is 0 Å². The molecule has 0 amide bonds. The zero-order valence-corrected chi connectivity index (χ0v) is 11.3. The Kier molecular flexibility index (Phi) is 6.84. The van der Waals surface area contributed by atoms with E-state index in [0.29, 0.717) is 0 Å². The normalized spacial score (nSPS) is 9.21. The lowest BCUT2D eigenvalue weighted by molar-refractivity contribution is 0.667. The van der Waals surface area contributed by atoms with Gasteiger partial charge >= 0.3 is 0 Å². The molecular formula is C16H19N3. The van der Waals surface area contributed by atoms with Crippen molar-refractivity contribution in [2.24, 2.45) is 0 Å². The molecule has 0 saturated carbocycles. The van der Waals surface area contributed by atoms with Crippen molar-refractivity contribution in [2.75, 3.05) is 5.32 Å². The van der Waals surface area contributed by atoms with Gasteiger partial charge in [-0.2, -0.15) is 10.5 Å². The number of rotatable bonds is 7.